The number of aryl methyl sites for hydroxylation is 1. The molecule has 2 aromatic rings. The van der Waals surface area contributed by atoms with Crippen molar-refractivity contribution in [3.8, 4) is 0 Å². The van der Waals surface area contributed by atoms with Crippen molar-refractivity contribution in [3.05, 3.63) is 17.8 Å². The average Bonchev–Trinajstić information content (AvgIpc) is 3.16. The molecule has 0 atom stereocenters. The molecule has 0 saturated carbocycles. The Labute approximate surface area is 123 Å². The molecule has 3 heterocycles. The van der Waals surface area contributed by atoms with E-state index in [1.54, 1.807) is 13.2 Å². The second-order valence-corrected chi connectivity index (χ2v) is 4.94. The predicted octanol–water partition coefficient (Wildman–Crippen LogP) is 1.42. The Morgan fingerprint density at radius 2 is 1.95 bits per heavy atom. The molecular formula is C13H19N7O. The fourth-order valence-corrected chi connectivity index (χ4v) is 2.25. The first-order valence-electron chi connectivity index (χ1n) is 7.08. The fourth-order valence-electron chi connectivity index (χ4n) is 2.25. The minimum absolute atomic E-state index is 0.445. The number of rotatable bonds is 5. The Morgan fingerprint density at radius 1 is 1.19 bits per heavy atom. The van der Waals surface area contributed by atoms with Crippen LogP contribution < -0.4 is 15.5 Å². The normalized spacial score (nSPS) is 14.5. The van der Waals surface area contributed by atoms with Crippen LogP contribution in [0.25, 0.3) is 0 Å². The highest BCUT2D eigenvalue weighted by molar-refractivity contribution is 5.44. The fraction of sp³-hybridized carbons (Fsp3) is 0.538. The number of nitrogens with zero attached hydrogens (tertiary/aromatic N) is 5. The van der Waals surface area contributed by atoms with Crippen molar-refractivity contribution >= 4 is 17.8 Å². The first-order chi connectivity index (χ1) is 10.2. The molecule has 112 valence electrons. The summed E-state index contributed by atoms with van der Waals surface area (Å²) in [5, 5.41) is 6.09. The zero-order valence-corrected chi connectivity index (χ0v) is 12.3. The van der Waals surface area contributed by atoms with Crippen LogP contribution in [0.15, 0.2) is 10.6 Å². The quantitative estimate of drug-likeness (QED) is 0.854. The van der Waals surface area contributed by atoms with Gasteiger partial charge in [-0.1, -0.05) is 0 Å². The lowest BCUT2D eigenvalue weighted by molar-refractivity contribution is 0.478. The molecule has 8 nitrogen and oxygen atoms in total. The van der Waals surface area contributed by atoms with E-state index in [2.05, 4.69) is 35.5 Å². The van der Waals surface area contributed by atoms with Crippen LogP contribution in [0.5, 0.6) is 0 Å². The molecule has 3 rings (SSSR count). The van der Waals surface area contributed by atoms with Crippen molar-refractivity contribution in [1.82, 2.24) is 19.9 Å². The second kappa shape index (κ2) is 5.94. The molecule has 21 heavy (non-hydrogen) atoms. The van der Waals surface area contributed by atoms with Crippen molar-refractivity contribution in [2.24, 2.45) is 0 Å². The van der Waals surface area contributed by atoms with Crippen molar-refractivity contribution in [2.75, 3.05) is 35.7 Å². The smallest absolute Gasteiger partial charge is 0.231 e. The molecular weight excluding hydrogens is 270 g/mol. The summed E-state index contributed by atoms with van der Waals surface area (Å²) in [6, 6.07) is 0. The number of hydrogen-bond acceptors (Lipinski definition) is 8. The van der Waals surface area contributed by atoms with E-state index < -0.39 is 0 Å². The average molecular weight is 289 g/mol. The number of oxazole rings is 1. The maximum Gasteiger partial charge on any atom is 0.231 e. The van der Waals surface area contributed by atoms with E-state index in [0.29, 0.717) is 30.3 Å². The number of aromatic nitrogens is 4. The Balaban J connectivity index is 1.75. The molecule has 8 heteroatoms. The number of hydrogen-bond donors (Lipinski definition) is 2. The van der Waals surface area contributed by atoms with Crippen molar-refractivity contribution in [2.45, 2.75) is 26.3 Å². The molecule has 1 saturated heterocycles. The SMILES string of the molecule is CNc1nc(NCc2ncc(C)o2)nc(N2CCCC2)n1. The van der Waals surface area contributed by atoms with Crippen LogP contribution in [0.2, 0.25) is 0 Å². The third-order valence-corrected chi connectivity index (χ3v) is 3.30. The van der Waals surface area contributed by atoms with Gasteiger partial charge in [0.15, 0.2) is 0 Å². The van der Waals surface area contributed by atoms with E-state index in [4.69, 9.17) is 4.42 Å². The van der Waals surface area contributed by atoms with E-state index in [0.717, 1.165) is 18.8 Å². The largest absolute Gasteiger partial charge is 0.444 e. The third-order valence-electron chi connectivity index (χ3n) is 3.30. The highest BCUT2D eigenvalue weighted by Gasteiger charge is 2.17. The van der Waals surface area contributed by atoms with E-state index in [1.165, 1.54) is 12.8 Å². The van der Waals surface area contributed by atoms with Gasteiger partial charge in [-0.25, -0.2) is 4.98 Å². The van der Waals surface area contributed by atoms with E-state index >= 15 is 0 Å². The molecule has 2 N–H and O–H groups in total. The molecule has 0 spiro atoms. The molecule has 0 aliphatic carbocycles. The highest BCUT2D eigenvalue weighted by atomic mass is 16.4. The predicted molar refractivity (Wildman–Crippen MR) is 79.4 cm³/mol. The summed E-state index contributed by atoms with van der Waals surface area (Å²) < 4.78 is 5.42. The minimum atomic E-state index is 0.445. The summed E-state index contributed by atoms with van der Waals surface area (Å²) in [4.78, 5) is 19.5. The summed E-state index contributed by atoms with van der Waals surface area (Å²) in [5.41, 5.74) is 0. The van der Waals surface area contributed by atoms with Crippen LogP contribution in [-0.2, 0) is 6.54 Å². The van der Waals surface area contributed by atoms with Gasteiger partial charge in [0.2, 0.25) is 23.7 Å². The highest BCUT2D eigenvalue weighted by Crippen LogP contribution is 2.18. The van der Waals surface area contributed by atoms with Gasteiger partial charge < -0.3 is 20.0 Å². The molecule has 0 bridgehead atoms. The van der Waals surface area contributed by atoms with Gasteiger partial charge in [-0.2, -0.15) is 15.0 Å². The van der Waals surface area contributed by atoms with E-state index in [-0.39, 0.29) is 0 Å². The van der Waals surface area contributed by atoms with Gasteiger partial charge in [0.1, 0.15) is 5.76 Å². The zero-order valence-electron chi connectivity index (χ0n) is 12.3. The van der Waals surface area contributed by atoms with Crippen LogP contribution in [0, 0.1) is 6.92 Å². The summed E-state index contributed by atoms with van der Waals surface area (Å²) >= 11 is 0. The maximum absolute atomic E-state index is 5.42. The zero-order chi connectivity index (χ0) is 14.7. The van der Waals surface area contributed by atoms with Gasteiger partial charge in [-0.3, -0.25) is 0 Å². The third kappa shape index (κ3) is 3.21. The van der Waals surface area contributed by atoms with Crippen LogP contribution >= 0.6 is 0 Å². The Kier molecular flexibility index (Phi) is 3.85. The van der Waals surface area contributed by atoms with Crippen LogP contribution in [0.3, 0.4) is 0 Å². The van der Waals surface area contributed by atoms with Crippen LogP contribution in [0.4, 0.5) is 17.8 Å². The summed E-state index contributed by atoms with van der Waals surface area (Å²) in [6.45, 7) is 4.29. The molecule has 1 aliphatic heterocycles. The molecule has 1 aliphatic rings. The topological polar surface area (TPSA) is 92.0 Å². The van der Waals surface area contributed by atoms with E-state index in [1.807, 2.05) is 6.92 Å². The standard InChI is InChI=1S/C13H19N7O/c1-9-7-15-10(21-9)8-16-12-17-11(14-2)18-13(19-12)20-5-3-4-6-20/h7H,3-6,8H2,1-2H3,(H2,14,16,17,18,19). The second-order valence-electron chi connectivity index (χ2n) is 4.94. The molecule has 0 radical (unpaired) electrons. The summed E-state index contributed by atoms with van der Waals surface area (Å²) in [5.74, 6) is 3.18. The lowest BCUT2D eigenvalue weighted by Crippen LogP contribution is -2.22. The molecule has 2 aromatic heterocycles. The first kappa shape index (κ1) is 13.6. The van der Waals surface area contributed by atoms with Gasteiger partial charge in [-0.15, -0.1) is 0 Å². The molecule has 1 fully saturated rings. The number of anilines is 3. The molecule has 0 amide bonds. The van der Waals surface area contributed by atoms with Gasteiger partial charge in [0.05, 0.1) is 12.7 Å². The number of nitrogens with one attached hydrogen (secondary N) is 2. The lowest BCUT2D eigenvalue weighted by atomic mass is 10.4. The lowest BCUT2D eigenvalue weighted by Gasteiger charge is -2.16. The van der Waals surface area contributed by atoms with Gasteiger partial charge in [0.25, 0.3) is 0 Å². The first-order valence-corrected chi connectivity index (χ1v) is 7.08. The summed E-state index contributed by atoms with van der Waals surface area (Å²) in [6.07, 6.45) is 4.05. The Bertz CT molecular complexity index is 606. The molecule has 0 aromatic carbocycles. The van der Waals surface area contributed by atoms with Crippen molar-refractivity contribution in [1.29, 1.82) is 0 Å². The molecule has 0 unspecified atom stereocenters. The Morgan fingerprint density at radius 3 is 2.62 bits per heavy atom. The van der Waals surface area contributed by atoms with Crippen LogP contribution in [-0.4, -0.2) is 40.1 Å². The van der Waals surface area contributed by atoms with Gasteiger partial charge in [0, 0.05) is 20.1 Å². The van der Waals surface area contributed by atoms with Crippen LogP contribution in [0.1, 0.15) is 24.5 Å². The van der Waals surface area contributed by atoms with Gasteiger partial charge in [-0.05, 0) is 19.8 Å². The van der Waals surface area contributed by atoms with E-state index in [9.17, 15) is 0 Å². The summed E-state index contributed by atoms with van der Waals surface area (Å²) in [7, 11) is 1.80. The van der Waals surface area contributed by atoms with Crippen molar-refractivity contribution < 1.29 is 4.42 Å². The van der Waals surface area contributed by atoms with Gasteiger partial charge >= 0.3 is 0 Å². The van der Waals surface area contributed by atoms with Crippen molar-refractivity contribution in [3.63, 3.8) is 0 Å². The Hall–Kier alpha value is -2.38. The minimum Gasteiger partial charge on any atom is -0.444 e. The monoisotopic (exact) mass is 289 g/mol. The maximum atomic E-state index is 5.42.